The highest BCUT2D eigenvalue weighted by molar-refractivity contribution is 5.88. The summed E-state index contributed by atoms with van der Waals surface area (Å²) < 4.78 is 5.77. The average Bonchev–Trinajstić information content (AvgIpc) is 2.48. The van der Waals surface area contributed by atoms with Gasteiger partial charge < -0.3 is 9.84 Å². The lowest BCUT2D eigenvalue weighted by Gasteiger charge is -2.37. The van der Waals surface area contributed by atoms with Gasteiger partial charge in [-0.3, -0.25) is 0 Å². The van der Waals surface area contributed by atoms with Gasteiger partial charge in [0.15, 0.2) is 5.82 Å². The van der Waals surface area contributed by atoms with Gasteiger partial charge in [-0.15, -0.1) is 0 Å². The summed E-state index contributed by atoms with van der Waals surface area (Å²) in [6, 6.07) is 0. The maximum atomic E-state index is 11.3. The van der Waals surface area contributed by atoms with Gasteiger partial charge in [-0.25, -0.2) is 14.8 Å². The van der Waals surface area contributed by atoms with E-state index in [1.807, 2.05) is 6.92 Å². The van der Waals surface area contributed by atoms with Gasteiger partial charge in [0.2, 0.25) is 0 Å². The van der Waals surface area contributed by atoms with Gasteiger partial charge >= 0.3 is 5.97 Å². The lowest BCUT2D eigenvalue weighted by molar-refractivity contribution is -0.0599. The molecule has 0 saturated heterocycles. The largest absolute Gasteiger partial charge is 0.478 e. The fraction of sp³-hybridized carbons (Fsp3) is 0.688. The molecule has 1 fully saturated rings. The van der Waals surface area contributed by atoms with Crippen molar-refractivity contribution >= 4 is 5.97 Å². The Morgan fingerprint density at radius 2 is 2.14 bits per heavy atom. The zero-order chi connectivity index (χ0) is 15.5. The van der Waals surface area contributed by atoms with E-state index < -0.39 is 11.6 Å². The van der Waals surface area contributed by atoms with E-state index in [0.717, 1.165) is 32.1 Å². The molecule has 116 valence electrons. The van der Waals surface area contributed by atoms with E-state index in [1.54, 1.807) is 7.11 Å². The number of carbonyl (C=O) groups is 1. The minimum Gasteiger partial charge on any atom is -0.478 e. The van der Waals surface area contributed by atoms with Crippen LogP contribution in [0.15, 0.2) is 6.20 Å². The van der Waals surface area contributed by atoms with Crippen molar-refractivity contribution in [3.63, 3.8) is 0 Å². The van der Waals surface area contributed by atoms with E-state index in [-0.39, 0.29) is 5.56 Å². The zero-order valence-corrected chi connectivity index (χ0v) is 13.1. The predicted molar refractivity (Wildman–Crippen MR) is 79.3 cm³/mol. The Balaban J connectivity index is 2.38. The quantitative estimate of drug-likeness (QED) is 0.902. The molecule has 1 N–H and O–H groups in total. The van der Waals surface area contributed by atoms with Crippen molar-refractivity contribution in [3.05, 3.63) is 23.3 Å². The van der Waals surface area contributed by atoms with Crippen LogP contribution in [0.2, 0.25) is 0 Å². The van der Waals surface area contributed by atoms with E-state index in [9.17, 15) is 9.90 Å². The van der Waals surface area contributed by atoms with E-state index in [4.69, 9.17) is 4.74 Å². The molecule has 21 heavy (non-hydrogen) atoms. The van der Waals surface area contributed by atoms with Crippen molar-refractivity contribution in [2.45, 2.75) is 58.0 Å². The van der Waals surface area contributed by atoms with Crippen LogP contribution in [0.3, 0.4) is 0 Å². The Bertz CT molecular complexity index is 508. The van der Waals surface area contributed by atoms with Crippen molar-refractivity contribution in [3.8, 4) is 0 Å². The van der Waals surface area contributed by atoms with Gasteiger partial charge in [0.25, 0.3) is 0 Å². The molecule has 0 aromatic carbocycles. The number of aromatic carboxylic acids is 1. The minimum atomic E-state index is -0.964. The lowest BCUT2D eigenvalue weighted by atomic mass is 9.79. The summed E-state index contributed by atoms with van der Waals surface area (Å²) in [6.07, 6.45) is 6.89. The first-order valence-corrected chi connectivity index (χ1v) is 7.67. The molecule has 2 rings (SSSR count). The molecule has 1 heterocycles. The third-order valence-corrected chi connectivity index (χ3v) is 4.47. The fourth-order valence-electron chi connectivity index (χ4n) is 2.99. The van der Waals surface area contributed by atoms with Crippen LogP contribution in [0.25, 0.3) is 0 Å². The fourth-order valence-corrected chi connectivity index (χ4v) is 2.99. The van der Waals surface area contributed by atoms with Gasteiger partial charge in [-0.05, 0) is 38.0 Å². The Hall–Kier alpha value is -1.49. The van der Waals surface area contributed by atoms with E-state index >= 15 is 0 Å². The molecule has 1 aliphatic rings. The Morgan fingerprint density at radius 1 is 1.48 bits per heavy atom. The zero-order valence-electron chi connectivity index (χ0n) is 13.1. The smallest absolute Gasteiger partial charge is 0.339 e. The SMILES string of the molecule is CCCc1nc(C2(OC)CCC(C)CC2)ncc1C(=O)O. The summed E-state index contributed by atoms with van der Waals surface area (Å²) in [6.45, 7) is 4.26. The monoisotopic (exact) mass is 292 g/mol. The second-order valence-electron chi connectivity index (χ2n) is 5.99. The molecule has 1 aliphatic carbocycles. The Morgan fingerprint density at radius 3 is 2.67 bits per heavy atom. The maximum absolute atomic E-state index is 11.3. The molecule has 5 heteroatoms. The number of carboxylic acids is 1. The summed E-state index contributed by atoms with van der Waals surface area (Å²) in [5.74, 6) is 0.376. The molecule has 0 unspecified atom stereocenters. The van der Waals surface area contributed by atoms with Gasteiger partial charge in [0.1, 0.15) is 5.60 Å². The number of carboxylic acid groups (broad SMARTS) is 1. The number of rotatable bonds is 5. The van der Waals surface area contributed by atoms with E-state index in [0.29, 0.717) is 23.9 Å². The molecular weight excluding hydrogens is 268 g/mol. The number of hydrogen-bond acceptors (Lipinski definition) is 4. The molecule has 0 atom stereocenters. The predicted octanol–water partition coefficient (Wildman–Crippen LogP) is 3.18. The first-order valence-electron chi connectivity index (χ1n) is 7.67. The molecule has 1 saturated carbocycles. The molecule has 0 spiro atoms. The van der Waals surface area contributed by atoms with Crippen LogP contribution < -0.4 is 0 Å². The third kappa shape index (κ3) is 3.23. The van der Waals surface area contributed by atoms with E-state index in [2.05, 4.69) is 16.9 Å². The van der Waals surface area contributed by atoms with Crippen LogP contribution in [-0.2, 0) is 16.8 Å². The lowest BCUT2D eigenvalue weighted by Crippen LogP contribution is -2.35. The number of methoxy groups -OCH3 is 1. The molecule has 5 nitrogen and oxygen atoms in total. The molecule has 0 aliphatic heterocycles. The highest BCUT2D eigenvalue weighted by Crippen LogP contribution is 2.40. The topological polar surface area (TPSA) is 72.3 Å². The number of nitrogens with zero attached hydrogens (tertiary/aromatic N) is 2. The number of ether oxygens (including phenoxy) is 1. The Labute approximate surface area is 125 Å². The highest BCUT2D eigenvalue weighted by atomic mass is 16.5. The van der Waals surface area contributed by atoms with Gasteiger partial charge in [0, 0.05) is 13.3 Å². The summed E-state index contributed by atoms with van der Waals surface area (Å²) in [5, 5.41) is 9.24. The van der Waals surface area contributed by atoms with E-state index in [1.165, 1.54) is 6.20 Å². The first kappa shape index (κ1) is 15.9. The number of hydrogen-bond donors (Lipinski definition) is 1. The summed E-state index contributed by atoms with van der Waals surface area (Å²) >= 11 is 0. The molecule has 0 bridgehead atoms. The van der Waals surface area contributed by atoms with Gasteiger partial charge in [0.05, 0.1) is 11.3 Å². The van der Waals surface area contributed by atoms with Gasteiger partial charge in [-0.2, -0.15) is 0 Å². The summed E-state index contributed by atoms with van der Waals surface area (Å²) in [7, 11) is 1.70. The molecule has 0 amide bonds. The van der Waals surface area contributed by atoms with Crippen LogP contribution in [0.4, 0.5) is 0 Å². The van der Waals surface area contributed by atoms with Crippen molar-refractivity contribution < 1.29 is 14.6 Å². The van der Waals surface area contributed by atoms with Crippen molar-refractivity contribution in [1.82, 2.24) is 9.97 Å². The normalized spacial score (nSPS) is 25.8. The number of aromatic nitrogens is 2. The minimum absolute atomic E-state index is 0.205. The van der Waals surface area contributed by atoms with Crippen LogP contribution in [-0.4, -0.2) is 28.2 Å². The number of aryl methyl sites for hydroxylation is 1. The van der Waals surface area contributed by atoms with Gasteiger partial charge in [-0.1, -0.05) is 20.3 Å². The molecule has 1 aromatic rings. The van der Waals surface area contributed by atoms with Crippen LogP contribution >= 0.6 is 0 Å². The van der Waals surface area contributed by atoms with Crippen molar-refractivity contribution in [1.29, 1.82) is 0 Å². The van der Waals surface area contributed by atoms with Crippen LogP contribution in [0.5, 0.6) is 0 Å². The second-order valence-corrected chi connectivity index (χ2v) is 5.99. The average molecular weight is 292 g/mol. The van der Waals surface area contributed by atoms with Crippen molar-refractivity contribution in [2.75, 3.05) is 7.11 Å². The summed E-state index contributed by atoms with van der Waals surface area (Å²) in [4.78, 5) is 20.1. The third-order valence-electron chi connectivity index (χ3n) is 4.47. The highest BCUT2D eigenvalue weighted by Gasteiger charge is 2.39. The molecule has 1 aromatic heterocycles. The summed E-state index contributed by atoms with van der Waals surface area (Å²) in [5.41, 5.74) is 0.368. The first-order chi connectivity index (χ1) is 10.0. The maximum Gasteiger partial charge on any atom is 0.339 e. The molecule has 0 radical (unpaired) electrons. The second kappa shape index (κ2) is 6.52. The van der Waals surface area contributed by atoms with Crippen molar-refractivity contribution in [2.24, 2.45) is 5.92 Å². The Kier molecular flexibility index (Phi) is 4.93. The standard InChI is InChI=1S/C16H24N2O3/c1-4-5-13-12(14(19)20)10-17-15(18-13)16(21-3)8-6-11(2)7-9-16/h10-11H,4-9H2,1-3H3,(H,19,20). The van der Waals surface area contributed by atoms with Crippen LogP contribution in [0, 0.1) is 5.92 Å². The molecular formula is C16H24N2O3. The van der Waals surface area contributed by atoms with Crippen LogP contribution in [0.1, 0.15) is 67.8 Å².